The molecule has 0 fully saturated rings. The number of aromatic nitrogens is 1. The molecule has 4 nitrogen and oxygen atoms in total. The van der Waals surface area contributed by atoms with Gasteiger partial charge < -0.3 is 11.1 Å². The summed E-state index contributed by atoms with van der Waals surface area (Å²) in [5.41, 5.74) is 5.01. The molecule has 0 radical (unpaired) electrons. The fraction of sp³-hybridized carbons (Fsp3) is 0.0769. The first-order valence-electron chi connectivity index (χ1n) is 5.58. The quantitative estimate of drug-likeness (QED) is 0.661. The molecule has 3 N–H and O–H groups in total. The average Bonchev–Trinajstić information content (AvgIpc) is 2.38. The number of nitrogens with one attached hydrogen (secondary N) is 1. The van der Waals surface area contributed by atoms with Gasteiger partial charge in [0.15, 0.2) is 5.82 Å². The van der Waals surface area contributed by atoms with E-state index in [1.807, 2.05) is 0 Å². The molecule has 104 valence electrons. The zero-order valence-corrected chi connectivity index (χ0v) is 11.1. The van der Waals surface area contributed by atoms with Crippen LogP contribution in [0.4, 0.5) is 20.2 Å². The van der Waals surface area contributed by atoms with Crippen LogP contribution in [0.25, 0.3) is 0 Å². The van der Waals surface area contributed by atoms with Gasteiger partial charge in [0.1, 0.15) is 16.5 Å². The molecule has 2 aromatic rings. The standard InChI is InChI=1S/C13H10ClF2N3O/c1-6-9(4-5-10(14)18-6)19-13(20)11-7(15)2-3-8(17)12(11)16/h2-5H,17H2,1H3,(H,19,20). The SMILES string of the molecule is Cc1nc(Cl)ccc1NC(=O)c1c(F)ccc(N)c1F. The Morgan fingerprint density at radius 3 is 2.65 bits per heavy atom. The third-order valence-corrected chi connectivity index (χ3v) is 2.86. The van der Waals surface area contributed by atoms with Crippen LogP contribution in [0.15, 0.2) is 24.3 Å². The number of halogens is 3. The number of carbonyl (C=O) groups excluding carboxylic acids is 1. The fourth-order valence-electron chi connectivity index (χ4n) is 1.62. The molecule has 1 amide bonds. The Kier molecular flexibility index (Phi) is 3.85. The number of benzene rings is 1. The molecule has 0 atom stereocenters. The first kappa shape index (κ1) is 14.2. The largest absolute Gasteiger partial charge is 0.396 e. The lowest BCUT2D eigenvalue weighted by atomic mass is 10.1. The second-order valence-electron chi connectivity index (χ2n) is 4.05. The highest BCUT2D eigenvalue weighted by atomic mass is 35.5. The highest BCUT2D eigenvalue weighted by Crippen LogP contribution is 2.21. The van der Waals surface area contributed by atoms with Crippen LogP contribution in [0.1, 0.15) is 16.1 Å². The van der Waals surface area contributed by atoms with Crippen molar-refractivity contribution in [3.8, 4) is 0 Å². The van der Waals surface area contributed by atoms with Crippen LogP contribution in [0, 0.1) is 18.6 Å². The third-order valence-electron chi connectivity index (χ3n) is 2.65. The van der Waals surface area contributed by atoms with Crippen molar-refractivity contribution >= 4 is 28.9 Å². The molecule has 0 aliphatic carbocycles. The minimum Gasteiger partial charge on any atom is -0.396 e. The van der Waals surface area contributed by atoms with Gasteiger partial charge in [-0.05, 0) is 31.2 Å². The minimum absolute atomic E-state index is 0.252. The normalized spacial score (nSPS) is 10.4. The first-order valence-corrected chi connectivity index (χ1v) is 5.96. The Labute approximate surface area is 118 Å². The van der Waals surface area contributed by atoms with Gasteiger partial charge in [0.25, 0.3) is 5.91 Å². The Hall–Kier alpha value is -2.21. The van der Waals surface area contributed by atoms with Gasteiger partial charge in [-0.2, -0.15) is 0 Å². The first-order chi connectivity index (χ1) is 9.40. The second-order valence-corrected chi connectivity index (χ2v) is 4.43. The summed E-state index contributed by atoms with van der Waals surface area (Å²) in [6.07, 6.45) is 0. The summed E-state index contributed by atoms with van der Waals surface area (Å²) in [5.74, 6) is -3.03. The Bertz CT molecular complexity index is 692. The molecule has 1 aromatic heterocycles. The van der Waals surface area contributed by atoms with E-state index in [9.17, 15) is 13.6 Å². The van der Waals surface area contributed by atoms with Gasteiger partial charge in [0.2, 0.25) is 0 Å². The van der Waals surface area contributed by atoms with Crippen LogP contribution in [0.5, 0.6) is 0 Å². The summed E-state index contributed by atoms with van der Waals surface area (Å²) in [6.45, 7) is 1.60. The molecule has 0 bridgehead atoms. The molecule has 0 unspecified atom stereocenters. The van der Waals surface area contributed by atoms with E-state index >= 15 is 0 Å². The molecule has 0 aliphatic rings. The lowest BCUT2D eigenvalue weighted by molar-refractivity contribution is 0.101. The molecular weight excluding hydrogens is 288 g/mol. The van der Waals surface area contributed by atoms with Crippen molar-refractivity contribution in [2.75, 3.05) is 11.1 Å². The van der Waals surface area contributed by atoms with Crippen molar-refractivity contribution in [1.29, 1.82) is 0 Å². The van der Waals surface area contributed by atoms with E-state index in [1.165, 1.54) is 12.1 Å². The van der Waals surface area contributed by atoms with Crippen molar-refractivity contribution in [2.24, 2.45) is 0 Å². The zero-order valence-electron chi connectivity index (χ0n) is 10.4. The fourth-order valence-corrected chi connectivity index (χ4v) is 1.81. The number of aryl methyl sites for hydroxylation is 1. The number of anilines is 2. The Morgan fingerprint density at radius 1 is 1.30 bits per heavy atom. The second kappa shape index (κ2) is 5.42. The molecule has 1 heterocycles. The maximum absolute atomic E-state index is 13.7. The van der Waals surface area contributed by atoms with Crippen molar-refractivity contribution in [1.82, 2.24) is 4.98 Å². The van der Waals surface area contributed by atoms with Crippen LogP contribution >= 0.6 is 11.6 Å². The van der Waals surface area contributed by atoms with E-state index in [2.05, 4.69) is 10.3 Å². The van der Waals surface area contributed by atoms with E-state index in [1.54, 1.807) is 6.92 Å². The predicted octanol–water partition coefficient (Wildman–Crippen LogP) is 3.16. The topological polar surface area (TPSA) is 68.0 Å². The number of hydrogen-bond acceptors (Lipinski definition) is 3. The van der Waals surface area contributed by atoms with Gasteiger partial charge in [-0.3, -0.25) is 4.79 Å². The van der Waals surface area contributed by atoms with Crippen molar-refractivity contribution in [3.05, 3.63) is 52.3 Å². The van der Waals surface area contributed by atoms with Crippen molar-refractivity contribution in [3.63, 3.8) is 0 Å². The van der Waals surface area contributed by atoms with E-state index < -0.39 is 23.1 Å². The van der Waals surface area contributed by atoms with E-state index in [0.717, 1.165) is 12.1 Å². The number of carbonyl (C=O) groups is 1. The molecule has 0 aliphatic heterocycles. The number of nitrogens with zero attached hydrogens (tertiary/aromatic N) is 1. The van der Waals surface area contributed by atoms with Gasteiger partial charge in [0.05, 0.1) is 17.1 Å². The molecule has 7 heteroatoms. The van der Waals surface area contributed by atoms with Crippen molar-refractivity contribution in [2.45, 2.75) is 6.92 Å². The summed E-state index contributed by atoms with van der Waals surface area (Å²) in [4.78, 5) is 15.9. The summed E-state index contributed by atoms with van der Waals surface area (Å²) in [7, 11) is 0. The highest BCUT2D eigenvalue weighted by Gasteiger charge is 2.20. The number of hydrogen-bond donors (Lipinski definition) is 2. The van der Waals surface area contributed by atoms with Gasteiger partial charge in [0, 0.05) is 0 Å². The average molecular weight is 298 g/mol. The van der Waals surface area contributed by atoms with Crippen LogP contribution in [-0.4, -0.2) is 10.9 Å². The summed E-state index contributed by atoms with van der Waals surface area (Å²) in [6, 6.07) is 4.93. The lowest BCUT2D eigenvalue weighted by Gasteiger charge is -2.10. The summed E-state index contributed by atoms with van der Waals surface area (Å²) < 4.78 is 27.3. The zero-order chi connectivity index (χ0) is 14.9. The number of amides is 1. The van der Waals surface area contributed by atoms with E-state index in [4.69, 9.17) is 17.3 Å². The Balaban J connectivity index is 2.36. The molecule has 1 aromatic carbocycles. The maximum Gasteiger partial charge on any atom is 0.261 e. The highest BCUT2D eigenvalue weighted by molar-refractivity contribution is 6.29. The number of nitrogens with two attached hydrogens (primary N) is 1. The van der Waals surface area contributed by atoms with E-state index in [0.29, 0.717) is 11.4 Å². The van der Waals surface area contributed by atoms with Gasteiger partial charge in [-0.25, -0.2) is 13.8 Å². The molecule has 0 saturated heterocycles. The van der Waals surface area contributed by atoms with Gasteiger partial charge >= 0.3 is 0 Å². The summed E-state index contributed by atoms with van der Waals surface area (Å²) in [5, 5.41) is 2.62. The lowest BCUT2D eigenvalue weighted by Crippen LogP contribution is -2.17. The monoisotopic (exact) mass is 297 g/mol. The minimum atomic E-state index is -1.10. The molecule has 0 spiro atoms. The van der Waals surface area contributed by atoms with Crippen LogP contribution in [0.2, 0.25) is 5.15 Å². The third kappa shape index (κ3) is 2.70. The smallest absolute Gasteiger partial charge is 0.261 e. The maximum atomic E-state index is 13.7. The van der Waals surface area contributed by atoms with Crippen LogP contribution in [-0.2, 0) is 0 Å². The molecule has 2 rings (SSSR count). The number of nitrogen functional groups attached to an aromatic ring is 1. The van der Waals surface area contributed by atoms with Crippen LogP contribution < -0.4 is 11.1 Å². The number of pyridine rings is 1. The van der Waals surface area contributed by atoms with Crippen LogP contribution in [0.3, 0.4) is 0 Å². The molecular formula is C13H10ClF2N3O. The van der Waals surface area contributed by atoms with Gasteiger partial charge in [-0.15, -0.1) is 0 Å². The van der Waals surface area contributed by atoms with Crippen molar-refractivity contribution < 1.29 is 13.6 Å². The predicted molar refractivity (Wildman–Crippen MR) is 72.7 cm³/mol. The number of rotatable bonds is 2. The molecule has 20 heavy (non-hydrogen) atoms. The van der Waals surface area contributed by atoms with E-state index in [-0.39, 0.29) is 10.8 Å². The molecule has 0 saturated carbocycles. The Morgan fingerprint density at radius 2 is 2.00 bits per heavy atom. The van der Waals surface area contributed by atoms with Gasteiger partial charge in [-0.1, -0.05) is 11.6 Å². The summed E-state index contributed by atoms with van der Waals surface area (Å²) >= 11 is 5.68.